The zero-order valence-corrected chi connectivity index (χ0v) is 19.2. The molecule has 0 aliphatic carbocycles. The molecule has 6 nitrogen and oxygen atoms in total. The van der Waals surface area contributed by atoms with Gasteiger partial charge in [0.25, 0.3) is 15.9 Å². The van der Waals surface area contributed by atoms with Crippen LogP contribution in [0.2, 0.25) is 5.02 Å². The number of hydrogen-bond acceptors (Lipinski definition) is 4. The van der Waals surface area contributed by atoms with Gasteiger partial charge in [-0.2, -0.15) is 0 Å². The van der Waals surface area contributed by atoms with Crippen LogP contribution in [0.25, 0.3) is 0 Å². The quantitative estimate of drug-likeness (QED) is 0.600. The average Bonchev–Trinajstić information content (AvgIpc) is 2.80. The van der Waals surface area contributed by atoms with Crippen LogP contribution in [-0.4, -0.2) is 45.4 Å². The smallest absolute Gasteiger partial charge is 0.261 e. The van der Waals surface area contributed by atoms with Crippen LogP contribution in [0.15, 0.2) is 77.7 Å². The molecular formula is C24H24ClN3O3S. The first-order chi connectivity index (χ1) is 15.3. The van der Waals surface area contributed by atoms with Crippen molar-refractivity contribution in [2.45, 2.75) is 11.8 Å². The first kappa shape index (κ1) is 22.2. The van der Waals surface area contributed by atoms with Gasteiger partial charge < -0.3 is 9.80 Å². The number of piperazine rings is 1. The van der Waals surface area contributed by atoms with Gasteiger partial charge in [-0.25, -0.2) is 8.42 Å². The Labute approximate surface area is 193 Å². The number of rotatable bonds is 5. The molecule has 1 fully saturated rings. The lowest BCUT2D eigenvalue weighted by Gasteiger charge is -2.36. The molecule has 0 atom stereocenters. The number of halogens is 1. The second-order valence-electron chi connectivity index (χ2n) is 7.71. The Hall–Kier alpha value is -3.03. The molecule has 1 heterocycles. The largest absolute Gasteiger partial charge is 0.368 e. The van der Waals surface area contributed by atoms with Gasteiger partial charge >= 0.3 is 0 Å². The fourth-order valence-electron chi connectivity index (χ4n) is 3.69. The van der Waals surface area contributed by atoms with E-state index in [0.29, 0.717) is 42.5 Å². The average molecular weight is 470 g/mol. The molecule has 166 valence electrons. The highest BCUT2D eigenvalue weighted by molar-refractivity contribution is 7.92. The van der Waals surface area contributed by atoms with Gasteiger partial charge in [-0.05, 0) is 55.0 Å². The van der Waals surface area contributed by atoms with Crippen molar-refractivity contribution in [2.24, 2.45) is 0 Å². The number of nitrogens with one attached hydrogen (secondary N) is 1. The molecule has 0 saturated carbocycles. The normalized spacial score (nSPS) is 14.3. The maximum atomic E-state index is 13.1. The molecule has 3 aromatic carbocycles. The Morgan fingerprint density at radius 1 is 0.906 bits per heavy atom. The predicted molar refractivity (Wildman–Crippen MR) is 128 cm³/mol. The van der Waals surface area contributed by atoms with Crippen molar-refractivity contribution in [3.63, 3.8) is 0 Å². The van der Waals surface area contributed by atoms with Gasteiger partial charge in [-0.1, -0.05) is 41.9 Å². The van der Waals surface area contributed by atoms with Crippen LogP contribution in [0.4, 0.5) is 11.4 Å². The van der Waals surface area contributed by atoms with E-state index in [9.17, 15) is 13.2 Å². The van der Waals surface area contributed by atoms with E-state index in [2.05, 4.69) is 9.62 Å². The molecule has 0 aromatic heterocycles. The van der Waals surface area contributed by atoms with Crippen LogP contribution < -0.4 is 9.62 Å². The van der Waals surface area contributed by atoms with Crippen molar-refractivity contribution in [2.75, 3.05) is 35.8 Å². The molecule has 0 spiro atoms. The van der Waals surface area contributed by atoms with Gasteiger partial charge in [0.1, 0.15) is 0 Å². The zero-order valence-electron chi connectivity index (χ0n) is 17.7. The Balaban J connectivity index is 1.47. The fourth-order valence-corrected chi connectivity index (χ4v) is 5.02. The van der Waals surface area contributed by atoms with Crippen molar-refractivity contribution >= 4 is 38.9 Å². The van der Waals surface area contributed by atoms with Crippen molar-refractivity contribution in [3.8, 4) is 0 Å². The maximum absolute atomic E-state index is 13.1. The monoisotopic (exact) mass is 469 g/mol. The molecule has 1 aliphatic heterocycles. The van der Waals surface area contributed by atoms with Crippen molar-refractivity contribution in [1.29, 1.82) is 0 Å². The lowest BCUT2D eigenvalue weighted by Crippen LogP contribution is -2.48. The Morgan fingerprint density at radius 2 is 1.62 bits per heavy atom. The first-order valence-corrected chi connectivity index (χ1v) is 12.2. The molecule has 8 heteroatoms. The summed E-state index contributed by atoms with van der Waals surface area (Å²) in [4.78, 5) is 17.3. The lowest BCUT2D eigenvalue weighted by molar-refractivity contribution is 0.0747. The number of nitrogens with zero attached hydrogens (tertiary/aromatic N) is 2. The van der Waals surface area contributed by atoms with Crippen LogP contribution in [0.5, 0.6) is 0 Å². The summed E-state index contributed by atoms with van der Waals surface area (Å²) >= 11 is 6.10. The highest BCUT2D eigenvalue weighted by Gasteiger charge is 2.23. The van der Waals surface area contributed by atoms with Gasteiger partial charge in [-0.3, -0.25) is 9.52 Å². The fraction of sp³-hybridized carbons (Fsp3) is 0.208. The summed E-state index contributed by atoms with van der Waals surface area (Å²) < 4.78 is 28.0. The summed E-state index contributed by atoms with van der Waals surface area (Å²) in [7, 11) is -3.74. The third kappa shape index (κ3) is 4.89. The van der Waals surface area contributed by atoms with Crippen LogP contribution in [0.3, 0.4) is 0 Å². The molecule has 32 heavy (non-hydrogen) atoms. The minimum absolute atomic E-state index is 0.115. The molecular weight excluding hydrogens is 446 g/mol. The van der Waals surface area contributed by atoms with E-state index in [4.69, 9.17) is 11.6 Å². The van der Waals surface area contributed by atoms with E-state index in [0.717, 1.165) is 11.3 Å². The predicted octanol–water partition coefficient (Wildman–Crippen LogP) is 4.41. The van der Waals surface area contributed by atoms with Crippen LogP contribution in [-0.2, 0) is 10.0 Å². The van der Waals surface area contributed by atoms with Gasteiger partial charge in [-0.15, -0.1) is 0 Å². The second kappa shape index (κ2) is 9.22. The van der Waals surface area contributed by atoms with Crippen LogP contribution in [0, 0.1) is 6.92 Å². The molecule has 1 N–H and O–H groups in total. The minimum Gasteiger partial charge on any atom is -0.368 e. The topological polar surface area (TPSA) is 69.7 Å². The highest BCUT2D eigenvalue weighted by atomic mass is 35.5. The van der Waals surface area contributed by atoms with Gasteiger partial charge in [0.15, 0.2) is 0 Å². The van der Waals surface area contributed by atoms with E-state index < -0.39 is 10.0 Å². The zero-order chi connectivity index (χ0) is 22.7. The SMILES string of the molecule is Cc1ccc(C(=O)N2CCN(c3cccc(Cl)c3)CC2)cc1NS(=O)(=O)c1ccccc1. The number of sulfonamides is 1. The van der Waals surface area contributed by atoms with E-state index >= 15 is 0 Å². The molecule has 3 aromatic rings. The summed E-state index contributed by atoms with van der Waals surface area (Å²) in [5, 5.41) is 0.686. The Morgan fingerprint density at radius 3 is 2.31 bits per heavy atom. The minimum atomic E-state index is -3.74. The number of carbonyl (C=O) groups is 1. The van der Waals surface area contributed by atoms with Crippen molar-refractivity contribution in [3.05, 3.63) is 88.9 Å². The van der Waals surface area contributed by atoms with E-state index in [1.807, 2.05) is 24.3 Å². The van der Waals surface area contributed by atoms with Crippen molar-refractivity contribution < 1.29 is 13.2 Å². The van der Waals surface area contributed by atoms with Crippen molar-refractivity contribution in [1.82, 2.24) is 4.90 Å². The summed E-state index contributed by atoms with van der Waals surface area (Å²) in [5.41, 5.74) is 2.64. The molecule has 0 unspecified atom stereocenters. The number of hydrogen-bond donors (Lipinski definition) is 1. The van der Waals surface area contributed by atoms with E-state index in [1.165, 1.54) is 12.1 Å². The van der Waals surface area contributed by atoms with E-state index in [1.54, 1.807) is 48.2 Å². The van der Waals surface area contributed by atoms with Crippen LogP contribution in [0.1, 0.15) is 15.9 Å². The molecule has 1 aliphatic rings. The van der Waals surface area contributed by atoms with Gasteiger partial charge in [0.2, 0.25) is 0 Å². The van der Waals surface area contributed by atoms with Gasteiger partial charge in [0.05, 0.1) is 10.6 Å². The summed E-state index contributed by atoms with van der Waals surface area (Å²) in [5.74, 6) is -0.115. The Bertz CT molecular complexity index is 1220. The first-order valence-electron chi connectivity index (χ1n) is 10.3. The number of anilines is 2. The molecule has 0 bridgehead atoms. The lowest BCUT2D eigenvalue weighted by atomic mass is 10.1. The highest BCUT2D eigenvalue weighted by Crippen LogP contribution is 2.24. The maximum Gasteiger partial charge on any atom is 0.261 e. The number of amides is 1. The van der Waals surface area contributed by atoms with Gasteiger partial charge in [0, 0.05) is 42.5 Å². The Kier molecular flexibility index (Phi) is 6.39. The van der Waals surface area contributed by atoms with Crippen LogP contribution >= 0.6 is 11.6 Å². The number of benzene rings is 3. The molecule has 4 rings (SSSR count). The number of aryl methyl sites for hydroxylation is 1. The molecule has 0 radical (unpaired) electrons. The summed E-state index contributed by atoms with van der Waals surface area (Å²) in [6.07, 6.45) is 0. The summed E-state index contributed by atoms with van der Waals surface area (Å²) in [6, 6.07) is 21.0. The molecule has 1 saturated heterocycles. The summed E-state index contributed by atoms with van der Waals surface area (Å²) in [6.45, 7) is 4.35. The standard InChI is InChI=1S/C24H24ClN3O3S/c1-18-10-11-19(16-23(18)26-32(30,31)22-8-3-2-4-9-22)24(29)28-14-12-27(13-15-28)21-7-5-6-20(25)17-21/h2-11,16-17,26H,12-15H2,1H3. The third-order valence-electron chi connectivity index (χ3n) is 5.52. The second-order valence-corrected chi connectivity index (χ2v) is 9.83. The third-order valence-corrected chi connectivity index (χ3v) is 7.14. The van der Waals surface area contributed by atoms with E-state index in [-0.39, 0.29) is 10.8 Å². The molecule has 1 amide bonds. The number of carbonyl (C=O) groups excluding carboxylic acids is 1.